The monoisotopic (exact) mass is 469 g/mol. The number of ether oxygens (including phenoxy) is 1. The summed E-state index contributed by atoms with van der Waals surface area (Å²) in [6, 6.07) is 30.5. The van der Waals surface area contributed by atoms with Crippen molar-refractivity contribution in [2.45, 2.75) is 12.3 Å². The van der Waals surface area contributed by atoms with Crippen molar-refractivity contribution in [1.29, 1.82) is 0 Å². The summed E-state index contributed by atoms with van der Waals surface area (Å²) < 4.78 is 12.0. The number of carbonyl (C=O) groups is 1. The molecule has 4 aromatic carbocycles. The van der Waals surface area contributed by atoms with Crippen LogP contribution in [0.1, 0.15) is 33.8 Å². The molecular weight excluding hydrogens is 450 g/mol. The third-order valence-corrected chi connectivity index (χ3v) is 6.91. The molecule has 0 bridgehead atoms. The van der Waals surface area contributed by atoms with Gasteiger partial charge in [0.2, 0.25) is 5.88 Å². The highest BCUT2D eigenvalue weighted by Crippen LogP contribution is 2.47. The summed E-state index contributed by atoms with van der Waals surface area (Å²) >= 11 is 0. The number of rotatable bonds is 3. The quantitative estimate of drug-likeness (QED) is 0.158. The Kier molecular flexibility index (Phi) is 4.51. The van der Waals surface area contributed by atoms with Crippen LogP contribution in [0.4, 0.5) is 0 Å². The highest BCUT2D eigenvalue weighted by atomic mass is 16.5. The van der Waals surface area contributed by atoms with Crippen molar-refractivity contribution in [3.05, 3.63) is 124 Å². The molecule has 7 rings (SSSR count). The van der Waals surface area contributed by atoms with Gasteiger partial charge in [-0.1, -0.05) is 78.9 Å². The number of hydrogen-bond acceptors (Lipinski definition) is 5. The molecule has 5 heteroatoms. The highest BCUT2D eigenvalue weighted by molar-refractivity contribution is 6.06. The highest BCUT2D eigenvalue weighted by Gasteiger charge is 2.35. The fourth-order valence-corrected chi connectivity index (χ4v) is 5.18. The second-order valence-electron chi connectivity index (χ2n) is 9.02. The van der Waals surface area contributed by atoms with Gasteiger partial charge in [-0.3, -0.25) is 4.79 Å². The number of hydrogen-bond donors (Lipinski definition) is 0. The average Bonchev–Trinajstić information content (AvgIpc) is 2.92. The van der Waals surface area contributed by atoms with E-state index in [-0.39, 0.29) is 12.2 Å². The minimum absolute atomic E-state index is 0.0643. The average molecular weight is 469 g/mol. The van der Waals surface area contributed by atoms with Crippen molar-refractivity contribution in [2.75, 3.05) is 0 Å². The fraction of sp³-hybridized carbons (Fsp3) is 0.0645. The smallest absolute Gasteiger partial charge is 0.343 e. The van der Waals surface area contributed by atoms with E-state index in [1.54, 1.807) is 18.2 Å². The van der Waals surface area contributed by atoms with Crippen molar-refractivity contribution in [2.24, 2.45) is 0 Å². The molecule has 1 atom stereocenters. The van der Waals surface area contributed by atoms with E-state index in [1.165, 1.54) is 0 Å². The largest absolute Gasteiger partial charge is 0.437 e. The lowest BCUT2D eigenvalue weighted by Crippen LogP contribution is -2.22. The molecule has 0 aliphatic carbocycles. The van der Waals surface area contributed by atoms with Gasteiger partial charge in [0.15, 0.2) is 11.5 Å². The van der Waals surface area contributed by atoms with Crippen LogP contribution in [0.2, 0.25) is 0 Å². The van der Waals surface area contributed by atoms with E-state index in [1.807, 2.05) is 72.8 Å². The zero-order valence-corrected chi connectivity index (χ0v) is 19.1. The number of aromatic nitrogens is 1. The third-order valence-electron chi connectivity index (χ3n) is 6.91. The minimum atomic E-state index is -0.555. The number of Topliss-reactive ketones (excluding diaryl/α,β-unsaturated/α-hetero) is 1. The van der Waals surface area contributed by atoms with E-state index >= 15 is 0 Å². The van der Waals surface area contributed by atoms with Gasteiger partial charge in [0.25, 0.3) is 0 Å². The predicted octanol–water partition coefficient (Wildman–Crippen LogP) is 7.01. The van der Waals surface area contributed by atoms with Crippen molar-refractivity contribution in [1.82, 2.24) is 4.98 Å². The summed E-state index contributed by atoms with van der Waals surface area (Å²) in [5.41, 5.74) is 2.40. The van der Waals surface area contributed by atoms with Crippen LogP contribution < -0.4 is 10.4 Å². The maximum Gasteiger partial charge on any atom is 0.343 e. The van der Waals surface area contributed by atoms with Crippen LogP contribution in [-0.2, 0) is 0 Å². The molecule has 2 aromatic heterocycles. The zero-order chi connectivity index (χ0) is 24.2. The van der Waals surface area contributed by atoms with Crippen LogP contribution in [0.15, 0.2) is 106 Å². The number of nitrogens with zero attached hydrogens (tertiary/aromatic N) is 1. The molecule has 0 spiro atoms. The maximum atomic E-state index is 13.4. The van der Waals surface area contributed by atoms with Crippen LogP contribution in [0, 0.1) is 0 Å². The van der Waals surface area contributed by atoms with Gasteiger partial charge < -0.3 is 9.15 Å². The van der Waals surface area contributed by atoms with Gasteiger partial charge in [-0.05, 0) is 23.6 Å². The molecule has 1 aliphatic heterocycles. The lowest BCUT2D eigenvalue weighted by Gasteiger charge is -2.27. The molecule has 36 heavy (non-hydrogen) atoms. The SMILES string of the molecule is O=C(CC1c2cc3ccc4ccccc4c3nc2Oc2c1c(=O)oc1ccccc21)c1ccccc1. The maximum absolute atomic E-state index is 13.4. The molecule has 5 nitrogen and oxygen atoms in total. The fourth-order valence-electron chi connectivity index (χ4n) is 5.18. The summed E-state index contributed by atoms with van der Waals surface area (Å²) in [4.78, 5) is 31.6. The lowest BCUT2D eigenvalue weighted by atomic mass is 9.84. The van der Waals surface area contributed by atoms with E-state index in [4.69, 9.17) is 14.1 Å². The second kappa shape index (κ2) is 7.89. The Morgan fingerprint density at radius 3 is 2.39 bits per heavy atom. The first-order valence-corrected chi connectivity index (χ1v) is 11.8. The van der Waals surface area contributed by atoms with Crippen molar-refractivity contribution in [3.8, 4) is 11.6 Å². The first kappa shape index (κ1) is 20.6. The Morgan fingerprint density at radius 2 is 1.53 bits per heavy atom. The van der Waals surface area contributed by atoms with E-state index in [0.717, 1.165) is 21.7 Å². The molecule has 3 heterocycles. The number of fused-ring (bicyclic) bond motifs is 7. The summed E-state index contributed by atoms with van der Waals surface area (Å²) in [6.45, 7) is 0. The van der Waals surface area contributed by atoms with Crippen molar-refractivity contribution in [3.63, 3.8) is 0 Å². The van der Waals surface area contributed by atoms with Crippen molar-refractivity contribution >= 4 is 38.4 Å². The van der Waals surface area contributed by atoms with Gasteiger partial charge in [0, 0.05) is 34.2 Å². The third kappa shape index (κ3) is 3.13. The molecule has 1 unspecified atom stereocenters. The molecule has 172 valence electrons. The van der Waals surface area contributed by atoms with Crippen LogP contribution in [0.5, 0.6) is 11.6 Å². The van der Waals surface area contributed by atoms with E-state index < -0.39 is 11.5 Å². The number of para-hydroxylation sites is 1. The molecule has 0 N–H and O–H groups in total. The normalized spacial score (nSPS) is 14.4. The van der Waals surface area contributed by atoms with E-state index in [2.05, 4.69) is 6.07 Å². The van der Waals surface area contributed by atoms with E-state index in [0.29, 0.717) is 39.3 Å². The van der Waals surface area contributed by atoms with Gasteiger partial charge >= 0.3 is 5.63 Å². The Morgan fingerprint density at radius 1 is 0.806 bits per heavy atom. The van der Waals surface area contributed by atoms with Crippen molar-refractivity contribution < 1.29 is 13.9 Å². The molecule has 0 fully saturated rings. The Hall–Kier alpha value is -4.77. The Bertz CT molecular complexity index is 1890. The van der Waals surface area contributed by atoms with Gasteiger partial charge in [-0.25, -0.2) is 9.78 Å². The Balaban J connectivity index is 1.49. The first-order valence-electron chi connectivity index (χ1n) is 11.8. The van der Waals surface area contributed by atoms with Gasteiger partial charge in [-0.15, -0.1) is 0 Å². The second-order valence-corrected chi connectivity index (χ2v) is 9.02. The lowest BCUT2D eigenvalue weighted by molar-refractivity contribution is 0.0976. The number of ketones is 1. The first-order chi connectivity index (χ1) is 17.7. The van der Waals surface area contributed by atoms with Gasteiger partial charge in [-0.2, -0.15) is 0 Å². The number of carbonyl (C=O) groups excluding carboxylic acids is 1. The number of pyridine rings is 1. The molecule has 0 saturated heterocycles. The molecular formula is C31H19NO4. The van der Waals surface area contributed by atoms with Crippen LogP contribution >= 0.6 is 0 Å². The molecule has 1 aliphatic rings. The summed E-state index contributed by atoms with van der Waals surface area (Å²) in [7, 11) is 0. The van der Waals surface area contributed by atoms with Crippen LogP contribution in [0.3, 0.4) is 0 Å². The topological polar surface area (TPSA) is 69.4 Å². The number of benzene rings is 4. The molecule has 0 radical (unpaired) electrons. The van der Waals surface area contributed by atoms with Crippen LogP contribution in [0.25, 0.3) is 32.6 Å². The Labute approximate surface area is 205 Å². The zero-order valence-electron chi connectivity index (χ0n) is 19.1. The summed E-state index contributed by atoms with van der Waals surface area (Å²) in [5.74, 6) is 0.200. The predicted molar refractivity (Wildman–Crippen MR) is 139 cm³/mol. The molecule has 0 amide bonds. The standard InChI is InChI=1S/C31H19NO4/c33-25(19-9-2-1-3-10-19)17-23-24-16-20-15-14-18-8-4-5-11-21(18)28(20)32-30(24)36-29-22-12-6-7-13-26(22)35-31(34)27(23)29/h1-16,23H,17H2. The van der Waals surface area contributed by atoms with Crippen LogP contribution in [-0.4, -0.2) is 10.8 Å². The summed E-state index contributed by atoms with van der Waals surface area (Å²) in [6.07, 6.45) is 0.0945. The molecule has 0 saturated carbocycles. The van der Waals surface area contributed by atoms with Gasteiger partial charge in [0.1, 0.15) is 5.58 Å². The van der Waals surface area contributed by atoms with E-state index in [9.17, 15) is 9.59 Å². The molecule has 6 aromatic rings. The minimum Gasteiger partial charge on any atom is -0.437 e. The van der Waals surface area contributed by atoms with Gasteiger partial charge in [0.05, 0.1) is 16.5 Å². The summed E-state index contributed by atoms with van der Waals surface area (Å²) in [5, 5.41) is 3.69.